The number of hydrogen-bond donors (Lipinski definition) is 2. The third-order valence-electron chi connectivity index (χ3n) is 3.66. The summed E-state index contributed by atoms with van der Waals surface area (Å²) in [5.41, 5.74) is -0.995. The van der Waals surface area contributed by atoms with Gasteiger partial charge in [-0.25, -0.2) is 0 Å². The van der Waals surface area contributed by atoms with Crippen molar-refractivity contribution in [2.45, 2.75) is 25.4 Å². The maximum Gasteiger partial charge on any atom is 0.0982 e. The van der Waals surface area contributed by atoms with E-state index in [1.165, 1.54) is 0 Å². The Morgan fingerprint density at radius 1 is 1.58 bits per heavy atom. The van der Waals surface area contributed by atoms with Crippen LogP contribution in [0, 0.1) is 11.3 Å². The van der Waals surface area contributed by atoms with Crippen molar-refractivity contribution in [3.63, 3.8) is 0 Å². The second-order valence-corrected chi connectivity index (χ2v) is 4.25. The van der Waals surface area contributed by atoms with Crippen LogP contribution in [0.4, 0.5) is 0 Å². The van der Waals surface area contributed by atoms with Gasteiger partial charge < -0.3 is 14.9 Å². The molecule has 1 saturated heterocycles. The number of ether oxygens (including phenoxy) is 1. The van der Waals surface area contributed by atoms with Gasteiger partial charge in [-0.15, -0.1) is 0 Å². The molecule has 0 amide bonds. The van der Waals surface area contributed by atoms with Crippen molar-refractivity contribution < 1.29 is 14.9 Å². The van der Waals surface area contributed by atoms with Crippen LogP contribution < -0.4 is 0 Å². The maximum atomic E-state index is 10.2. The zero-order chi connectivity index (χ0) is 8.82. The van der Waals surface area contributed by atoms with Gasteiger partial charge in [0, 0.05) is 18.4 Å². The van der Waals surface area contributed by atoms with E-state index in [2.05, 4.69) is 6.92 Å². The van der Waals surface area contributed by atoms with Gasteiger partial charge in [0.25, 0.3) is 0 Å². The molecule has 2 rings (SSSR count). The fourth-order valence-corrected chi connectivity index (χ4v) is 2.45. The van der Waals surface area contributed by atoms with Gasteiger partial charge in [-0.05, 0) is 12.3 Å². The van der Waals surface area contributed by atoms with E-state index in [0.717, 1.165) is 6.42 Å². The highest BCUT2D eigenvalue weighted by Crippen LogP contribution is 2.60. The molecular weight excluding hydrogens is 156 g/mol. The van der Waals surface area contributed by atoms with Crippen molar-refractivity contribution in [2.24, 2.45) is 11.3 Å². The third-order valence-corrected chi connectivity index (χ3v) is 3.66. The highest BCUT2D eigenvalue weighted by Gasteiger charge is 2.64. The van der Waals surface area contributed by atoms with E-state index in [4.69, 9.17) is 4.74 Å². The predicted molar refractivity (Wildman–Crippen MR) is 43.7 cm³/mol. The fourth-order valence-electron chi connectivity index (χ4n) is 2.45. The molecule has 0 spiro atoms. The lowest BCUT2D eigenvalue weighted by atomic mass is 9.82. The highest BCUT2D eigenvalue weighted by molar-refractivity contribution is 5.13. The molecule has 3 unspecified atom stereocenters. The lowest BCUT2D eigenvalue weighted by molar-refractivity contribution is -0.0646. The van der Waals surface area contributed by atoms with Gasteiger partial charge in [0.15, 0.2) is 0 Å². The van der Waals surface area contributed by atoms with Crippen LogP contribution in [0.1, 0.15) is 19.8 Å². The molecule has 1 aliphatic heterocycles. The first-order valence-corrected chi connectivity index (χ1v) is 4.56. The monoisotopic (exact) mass is 172 g/mol. The molecule has 0 aromatic rings. The first-order valence-electron chi connectivity index (χ1n) is 4.56. The van der Waals surface area contributed by atoms with Crippen molar-refractivity contribution in [1.82, 2.24) is 0 Å². The summed E-state index contributed by atoms with van der Waals surface area (Å²) in [5.74, 6) is 0.439. The van der Waals surface area contributed by atoms with Gasteiger partial charge in [-0.3, -0.25) is 0 Å². The Labute approximate surface area is 72.3 Å². The zero-order valence-electron chi connectivity index (χ0n) is 7.42. The molecule has 70 valence electrons. The Balaban J connectivity index is 2.16. The minimum Gasteiger partial charge on any atom is -0.396 e. The van der Waals surface area contributed by atoms with Crippen LogP contribution in [0.5, 0.6) is 0 Å². The van der Waals surface area contributed by atoms with Gasteiger partial charge in [0.1, 0.15) is 0 Å². The summed E-state index contributed by atoms with van der Waals surface area (Å²) in [6, 6.07) is 0. The van der Waals surface area contributed by atoms with Gasteiger partial charge in [0.2, 0.25) is 0 Å². The van der Waals surface area contributed by atoms with Crippen molar-refractivity contribution in [2.75, 3.05) is 19.8 Å². The van der Waals surface area contributed by atoms with Crippen LogP contribution in [-0.2, 0) is 4.74 Å². The Morgan fingerprint density at radius 3 is 2.58 bits per heavy atom. The summed E-state index contributed by atoms with van der Waals surface area (Å²) >= 11 is 0. The maximum absolute atomic E-state index is 10.2. The van der Waals surface area contributed by atoms with E-state index >= 15 is 0 Å². The van der Waals surface area contributed by atoms with Crippen LogP contribution in [0.3, 0.4) is 0 Å². The minimum absolute atomic E-state index is 0.0913. The van der Waals surface area contributed by atoms with Crippen LogP contribution >= 0.6 is 0 Å². The zero-order valence-corrected chi connectivity index (χ0v) is 7.42. The molecule has 1 saturated carbocycles. The summed E-state index contributed by atoms with van der Waals surface area (Å²) in [7, 11) is 0. The van der Waals surface area contributed by atoms with Crippen molar-refractivity contribution in [3.05, 3.63) is 0 Å². The van der Waals surface area contributed by atoms with Gasteiger partial charge >= 0.3 is 0 Å². The normalized spacial score (nSPS) is 52.8. The molecule has 3 nitrogen and oxygen atoms in total. The van der Waals surface area contributed by atoms with Gasteiger partial charge in [-0.1, -0.05) is 6.92 Å². The minimum atomic E-state index is -0.749. The lowest BCUT2D eigenvalue weighted by Gasteiger charge is -2.30. The van der Waals surface area contributed by atoms with E-state index in [1.807, 2.05) is 0 Å². The lowest BCUT2D eigenvalue weighted by Crippen LogP contribution is -2.43. The summed E-state index contributed by atoms with van der Waals surface area (Å²) in [4.78, 5) is 0. The largest absolute Gasteiger partial charge is 0.396 e. The molecule has 1 heterocycles. The molecule has 2 fully saturated rings. The SMILES string of the molecule is CC1CC1(CO)C1(O)CCOC1. The molecular formula is C9H16O3. The van der Waals surface area contributed by atoms with Crippen molar-refractivity contribution in [3.8, 4) is 0 Å². The fraction of sp³-hybridized carbons (Fsp3) is 1.00. The second-order valence-electron chi connectivity index (χ2n) is 4.25. The first kappa shape index (κ1) is 8.48. The molecule has 12 heavy (non-hydrogen) atoms. The van der Waals surface area contributed by atoms with E-state index in [-0.39, 0.29) is 12.0 Å². The molecule has 0 aromatic carbocycles. The standard InChI is InChI=1S/C9H16O3/c1-7-4-8(7,5-10)9(11)2-3-12-6-9/h7,10-11H,2-6H2,1H3. The molecule has 1 aliphatic carbocycles. The topological polar surface area (TPSA) is 49.7 Å². The summed E-state index contributed by atoms with van der Waals surface area (Å²) < 4.78 is 5.18. The van der Waals surface area contributed by atoms with Gasteiger partial charge in [-0.2, -0.15) is 0 Å². The smallest absolute Gasteiger partial charge is 0.0982 e. The summed E-state index contributed by atoms with van der Waals surface area (Å²) in [6.07, 6.45) is 1.61. The highest BCUT2D eigenvalue weighted by atomic mass is 16.5. The number of aliphatic hydroxyl groups excluding tert-OH is 1. The number of hydrogen-bond acceptors (Lipinski definition) is 3. The number of aliphatic hydroxyl groups is 2. The average molecular weight is 172 g/mol. The molecule has 2 N–H and O–H groups in total. The molecule has 0 bridgehead atoms. The third kappa shape index (κ3) is 0.873. The second kappa shape index (κ2) is 2.44. The van der Waals surface area contributed by atoms with Crippen molar-refractivity contribution >= 4 is 0 Å². The predicted octanol–water partition coefficient (Wildman–Crippen LogP) is 0.156. The van der Waals surface area contributed by atoms with E-state index in [1.54, 1.807) is 0 Å². The summed E-state index contributed by atoms with van der Waals surface area (Å²) in [5, 5.41) is 19.4. The van der Waals surface area contributed by atoms with E-state index in [9.17, 15) is 10.2 Å². The van der Waals surface area contributed by atoms with Crippen LogP contribution in [0.15, 0.2) is 0 Å². The van der Waals surface area contributed by atoms with Crippen LogP contribution in [-0.4, -0.2) is 35.6 Å². The number of rotatable bonds is 2. The average Bonchev–Trinajstić information content (AvgIpc) is 2.52. The van der Waals surface area contributed by atoms with E-state index < -0.39 is 5.60 Å². The summed E-state index contributed by atoms with van der Waals surface area (Å²) in [6.45, 7) is 3.20. The first-order chi connectivity index (χ1) is 5.65. The van der Waals surface area contributed by atoms with Crippen LogP contribution in [0.2, 0.25) is 0 Å². The molecule has 0 radical (unpaired) electrons. The Morgan fingerprint density at radius 2 is 2.25 bits per heavy atom. The molecule has 2 aliphatic rings. The van der Waals surface area contributed by atoms with E-state index in [0.29, 0.717) is 25.6 Å². The molecule has 3 heteroatoms. The van der Waals surface area contributed by atoms with Crippen molar-refractivity contribution in [1.29, 1.82) is 0 Å². The Hall–Kier alpha value is -0.120. The Bertz CT molecular complexity index is 182. The molecule has 3 atom stereocenters. The van der Waals surface area contributed by atoms with Crippen LogP contribution in [0.25, 0.3) is 0 Å². The Kier molecular flexibility index (Phi) is 1.72. The van der Waals surface area contributed by atoms with Gasteiger partial charge in [0.05, 0.1) is 18.8 Å². The molecule has 0 aromatic heterocycles. The quantitative estimate of drug-likeness (QED) is 0.623.